The highest BCUT2D eigenvalue weighted by Gasteiger charge is 2.20. The van der Waals surface area contributed by atoms with Gasteiger partial charge < -0.3 is 10.6 Å². The summed E-state index contributed by atoms with van der Waals surface area (Å²) < 4.78 is 0. The summed E-state index contributed by atoms with van der Waals surface area (Å²) in [7, 11) is 0. The molecule has 1 aliphatic rings. The number of anilines is 2. The molecule has 3 aromatic rings. The molecule has 0 amide bonds. The fourth-order valence-corrected chi connectivity index (χ4v) is 3.42. The Bertz CT molecular complexity index is 757. The second kappa shape index (κ2) is 6.32. The topological polar surface area (TPSA) is 52.7 Å². The fraction of sp³-hybridized carbons (Fsp3) is 0.316. The van der Waals surface area contributed by atoms with Gasteiger partial charge in [0.05, 0.1) is 11.7 Å². The van der Waals surface area contributed by atoms with E-state index in [9.17, 15) is 0 Å². The van der Waals surface area contributed by atoms with E-state index in [-0.39, 0.29) is 0 Å². The van der Waals surface area contributed by atoms with Crippen molar-refractivity contribution in [3.63, 3.8) is 0 Å². The number of nitrogens with one attached hydrogen (secondary N) is 3. The molecular formula is C19H22N4. The van der Waals surface area contributed by atoms with E-state index in [2.05, 4.69) is 69.4 Å². The zero-order valence-corrected chi connectivity index (χ0v) is 13.1. The lowest BCUT2D eigenvalue weighted by Gasteiger charge is -2.31. The summed E-state index contributed by atoms with van der Waals surface area (Å²) in [5.41, 5.74) is 3.51. The molecule has 1 heterocycles. The SMILES string of the molecule is c1ccc(NC2CCC(Nc3ccc4[nH]ncc4c3)CC2)cc1. The summed E-state index contributed by atoms with van der Waals surface area (Å²) in [6, 6.07) is 18.1. The van der Waals surface area contributed by atoms with Crippen LogP contribution in [0.25, 0.3) is 10.9 Å². The molecule has 2 aromatic carbocycles. The molecule has 3 N–H and O–H groups in total. The van der Waals surface area contributed by atoms with Gasteiger partial charge in [0.15, 0.2) is 0 Å². The number of benzene rings is 2. The molecule has 0 saturated heterocycles. The Morgan fingerprint density at radius 2 is 1.52 bits per heavy atom. The van der Waals surface area contributed by atoms with Gasteiger partial charge in [-0.15, -0.1) is 0 Å². The maximum atomic E-state index is 4.08. The van der Waals surface area contributed by atoms with Gasteiger partial charge in [-0.05, 0) is 56.0 Å². The predicted molar refractivity (Wildman–Crippen MR) is 95.8 cm³/mol. The molecule has 4 rings (SSSR count). The first-order valence-electron chi connectivity index (χ1n) is 8.38. The van der Waals surface area contributed by atoms with Crippen LogP contribution in [0, 0.1) is 0 Å². The number of hydrogen-bond acceptors (Lipinski definition) is 3. The molecule has 0 bridgehead atoms. The fourth-order valence-electron chi connectivity index (χ4n) is 3.42. The Balaban J connectivity index is 1.32. The van der Waals surface area contributed by atoms with Gasteiger partial charge in [0, 0.05) is 28.8 Å². The van der Waals surface area contributed by atoms with Crippen LogP contribution >= 0.6 is 0 Å². The Kier molecular flexibility index (Phi) is 3.88. The summed E-state index contributed by atoms with van der Waals surface area (Å²) in [5, 5.41) is 15.6. The van der Waals surface area contributed by atoms with Crippen molar-refractivity contribution in [1.82, 2.24) is 10.2 Å². The molecule has 0 unspecified atom stereocenters. The van der Waals surface area contributed by atoms with Crippen molar-refractivity contribution in [3.05, 3.63) is 54.7 Å². The zero-order chi connectivity index (χ0) is 15.5. The maximum absolute atomic E-state index is 4.08. The Morgan fingerprint density at radius 1 is 0.826 bits per heavy atom. The van der Waals surface area contributed by atoms with Crippen molar-refractivity contribution in [2.24, 2.45) is 0 Å². The second-order valence-electron chi connectivity index (χ2n) is 6.38. The highest BCUT2D eigenvalue weighted by Crippen LogP contribution is 2.26. The van der Waals surface area contributed by atoms with E-state index in [0.717, 1.165) is 10.9 Å². The molecule has 118 valence electrons. The standard InChI is InChI=1S/C19H22N4/c1-2-4-15(5-3-1)21-16-6-8-17(9-7-16)22-18-10-11-19-14(12-18)13-20-23-19/h1-5,10-13,16-17,21-22H,6-9H2,(H,20,23). The monoisotopic (exact) mass is 306 g/mol. The molecule has 1 fully saturated rings. The van der Waals surface area contributed by atoms with Crippen LogP contribution < -0.4 is 10.6 Å². The first-order valence-corrected chi connectivity index (χ1v) is 8.38. The maximum Gasteiger partial charge on any atom is 0.0651 e. The minimum atomic E-state index is 0.563. The summed E-state index contributed by atoms with van der Waals surface area (Å²) in [5.74, 6) is 0. The number of H-pyrrole nitrogens is 1. The summed E-state index contributed by atoms with van der Waals surface area (Å²) in [6.45, 7) is 0. The van der Waals surface area contributed by atoms with E-state index in [1.807, 2.05) is 6.20 Å². The van der Waals surface area contributed by atoms with Gasteiger partial charge in [0.25, 0.3) is 0 Å². The number of fused-ring (bicyclic) bond motifs is 1. The molecule has 0 aliphatic heterocycles. The molecule has 23 heavy (non-hydrogen) atoms. The first-order chi connectivity index (χ1) is 11.4. The van der Waals surface area contributed by atoms with Gasteiger partial charge >= 0.3 is 0 Å². The summed E-state index contributed by atoms with van der Waals surface area (Å²) in [4.78, 5) is 0. The molecule has 0 spiro atoms. The molecule has 1 saturated carbocycles. The van der Waals surface area contributed by atoms with Crippen LogP contribution in [-0.2, 0) is 0 Å². The number of para-hydroxylation sites is 1. The van der Waals surface area contributed by atoms with Crippen LogP contribution in [0.5, 0.6) is 0 Å². The Morgan fingerprint density at radius 3 is 2.26 bits per heavy atom. The molecule has 4 nitrogen and oxygen atoms in total. The van der Waals surface area contributed by atoms with Gasteiger partial charge in [0.1, 0.15) is 0 Å². The van der Waals surface area contributed by atoms with E-state index >= 15 is 0 Å². The lowest BCUT2D eigenvalue weighted by atomic mass is 9.90. The molecule has 0 radical (unpaired) electrons. The lowest BCUT2D eigenvalue weighted by Crippen LogP contribution is -2.32. The van der Waals surface area contributed by atoms with Crippen LogP contribution in [0.2, 0.25) is 0 Å². The van der Waals surface area contributed by atoms with E-state index < -0.39 is 0 Å². The lowest BCUT2D eigenvalue weighted by molar-refractivity contribution is 0.429. The van der Waals surface area contributed by atoms with Crippen molar-refractivity contribution in [1.29, 1.82) is 0 Å². The van der Waals surface area contributed by atoms with E-state index in [4.69, 9.17) is 0 Å². The van der Waals surface area contributed by atoms with Crippen molar-refractivity contribution in [2.75, 3.05) is 10.6 Å². The highest BCUT2D eigenvalue weighted by molar-refractivity contribution is 5.81. The Labute approximate surface area is 136 Å². The third-order valence-electron chi connectivity index (χ3n) is 4.68. The quantitative estimate of drug-likeness (QED) is 0.669. The van der Waals surface area contributed by atoms with Crippen LogP contribution in [0.4, 0.5) is 11.4 Å². The van der Waals surface area contributed by atoms with E-state index in [1.165, 1.54) is 37.1 Å². The van der Waals surface area contributed by atoms with Crippen LogP contribution in [0.15, 0.2) is 54.7 Å². The average molecular weight is 306 g/mol. The smallest absolute Gasteiger partial charge is 0.0651 e. The minimum absolute atomic E-state index is 0.563. The van der Waals surface area contributed by atoms with Crippen molar-refractivity contribution >= 4 is 22.3 Å². The van der Waals surface area contributed by atoms with Gasteiger partial charge in [-0.2, -0.15) is 5.10 Å². The second-order valence-corrected chi connectivity index (χ2v) is 6.38. The first kappa shape index (κ1) is 14.1. The molecule has 1 aliphatic carbocycles. The van der Waals surface area contributed by atoms with E-state index in [0.29, 0.717) is 12.1 Å². The van der Waals surface area contributed by atoms with Crippen LogP contribution in [0.3, 0.4) is 0 Å². The van der Waals surface area contributed by atoms with Gasteiger partial charge in [-0.3, -0.25) is 5.10 Å². The minimum Gasteiger partial charge on any atom is -0.382 e. The largest absolute Gasteiger partial charge is 0.382 e. The van der Waals surface area contributed by atoms with E-state index in [1.54, 1.807) is 0 Å². The molecule has 1 aromatic heterocycles. The van der Waals surface area contributed by atoms with Gasteiger partial charge in [-0.1, -0.05) is 18.2 Å². The number of aromatic nitrogens is 2. The number of rotatable bonds is 4. The van der Waals surface area contributed by atoms with Gasteiger partial charge in [0.2, 0.25) is 0 Å². The highest BCUT2D eigenvalue weighted by atomic mass is 15.1. The molecular weight excluding hydrogens is 284 g/mol. The average Bonchev–Trinajstić information content (AvgIpc) is 3.05. The zero-order valence-electron chi connectivity index (χ0n) is 13.1. The van der Waals surface area contributed by atoms with Crippen molar-refractivity contribution in [3.8, 4) is 0 Å². The van der Waals surface area contributed by atoms with Crippen molar-refractivity contribution in [2.45, 2.75) is 37.8 Å². The Hall–Kier alpha value is -2.49. The van der Waals surface area contributed by atoms with Crippen LogP contribution in [-0.4, -0.2) is 22.3 Å². The number of hydrogen-bond donors (Lipinski definition) is 3. The predicted octanol–water partition coefficient (Wildman–Crippen LogP) is 4.40. The summed E-state index contributed by atoms with van der Waals surface area (Å²) >= 11 is 0. The number of nitrogens with zero attached hydrogens (tertiary/aromatic N) is 1. The third kappa shape index (κ3) is 3.31. The normalized spacial score (nSPS) is 21.2. The van der Waals surface area contributed by atoms with Crippen molar-refractivity contribution < 1.29 is 0 Å². The van der Waals surface area contributed by atoms with Gasteiger partial charge in [-0.25, -0.2) is 0 Å². The van der Waals surface area contributed by atoms with Crippen LogP contribution in [0.1, 0.15) is 25.7 Å². The number of aromatic amines is 1. The molecule has 0 atom stereocenters. The summed E-state index contributed by atoms with van der Waals surface area (Å²) in [6.07, 6.45) is 6.70. The third-order valence-corrected chi connectivity index (χ3v) is 4.68. The molecule has 4 heteroatoms.